The van der Waals surface area contributed by atoms with E-state index in [1.54, 1.807) is 0 Å². The summed E-state index contributed by atoms with van der Waals surface area (Å²) in [6.45, 7) is 1.53. The molecule has 1 saturated carbocycles. The Morgan fingerprint density at radius 1 is 1.18 bits per heavy atom. The highest BCUT2D eigenvalue weighted by Gasteiger charge is 2.68. The Morgan fingerprint density at radius 3 is 2.48 bits per heavy atom. The third-order valence-corrected chi connectivity index (χ3v) is 6.66. The van der Waals surface area contributed by atoms with Crippen LogP contribution in [0.4, 0.5) is 19.0 Å². The Kier molecular flexibility index (Phi) is 5.63. The van der Waals surface area contributed by atoms with E-state index in [0.29, 0.717) is 31.2 Å². The van der Waals surface area contributed by atoms with Gasteiger partial charge in [-0.2, -0.15) is 13.2 Å². The van der Waals surface area contributed by atoms with E-state index in [1.807, 2.05) is 15.6 Å². The van der Waals surface area contributed by atoms with Crippen LogP contribution in [-0.4, -0.2) is 27.5 Å². The van der Waals surface area contributed by atoms with E-state index in [9.17, 15) is 32.3 Å². The molecule has 1 aliphatic heterocycles. The quantitative estimate of drug-likeness (QED) is 0.621. The highest BCUT2D eigenvalue weighted by molar-refractivity contribution is 6.31. The molecule has 0 unspecified atom stereocenters. The molecule has 4 rings (SSSR count). The summed E-state index contributed by atoms with van der Waals surface area (Å²) in [5.41, 5.74) is -6.83. The number of aromatic nitrogens is 2. The summed E-state index contributed by atoms with van der Waals surface area (Å²) in [6, 6.07) is 4.38. The first-order chi connectivity index (χ1) is 15.5. The number of H-pyrrole nitrogens is 1. The number of hydrogen-bond donors (Lipinski definition) is 3. The van der Waals surface area contributed by atoms with Gasteiger partial charge in [0.15, 0.2) is 0 Å². The fourth-order valence-corrected chi connectivity index (χ4v) is 4.67. The van der Waals surface area contributed by atoms with Gasteiger partial charge in [-0.25, -0.2) is 9.36 Å². The van der Waals surface area contributed by atoms with Gasteiger partial charge in [0.1, 0.15) is 11.4 Å². The van der Waals surface area contributed by atoms with Crippen LogP contribution in [0.25, 0.3) is 5.69 Å². The minimum atomic E-state index is -5.37. The normalized spacial score (nSPS) is 20.9. The monoisotopic (exact) mass is 484 g/mol. The van der Waals surface area contributed by atoms with Crippen LogP contribution in [0.15, 0.2) is 27.8 Å². The lowest BCUT2D eigenvalue weighted by atomic mass is 9.86. The molecule has 33 heavy (non-hydrogen) atoms. The number of aromatic amines is 1. The highest BCUT2D eigenvalue weighted by Crippen LogP contribution is 2.46. The van der Waals surface area contributed by atoms with E-state index in [1.165, 1.54) is 25.1 Å². The maximum atomic E-state index is 14.5. The van der Waals surface area contributed by atoms with Crippen LogP contribution in [0.2, 0.25) is 5.02 Å². The predicted octanol–water partition coefficient (Wildman–Crippen LogP) is 2.89. The van der Waals surface area contributed by atoms with E-state index in [-0.39, 0.29) is 10.7 Å². The molecule has 0 radical (unpaired) electrons. The maximum absolute atomic E-state index is 14.5. The fraction of sp³-hybridized carbons (Fsp3) is 0.429. The van der Waals surface area contributed by atoms with Crippen molar-refractivity contribution in [3.8, 4) is 5.69 Å². The number of carbonyl (C=O) groups is 2. The molecule has 176 valence electrons. The molecular weight excluding hydrogens is 465 g/mol. The second kappa shape index (κ2) is 8.05. The third kappa shape index (κ3) is 3.54. The Hall–Kier alpha value is -3.08. The Bertz CT molecular complexity index is 1260. The van der Waals surface area contributed by atoms with Crippen LogP contribution in [-0.2, 0) is 15.1 Å². The van der Waals surface area contributed by atoms with Crippen molar-refractivity contribution in [1.82, 2.24) is 14.9 Å². The number of nitrogens with zero attached hydrogens (tertiary/aromatic N) is 1. The van der Waals surface area contributed by atoms with E-state index >= 15 is 0 Å². The molecule has 1 atom stereocenters. The van der Waals surface area contributed by atoms with Crippen molar-refractivity contribution in [3.63, 3.8) is 0 Å². The van der Waals surface area contributed by atoms with Crippen LogP contribution in [0.3, 0.4) is 0 Å². The Balaban J connectivity index is 1.96. The fourth-order valence-electron chi connectivity index (χ4n) is 4.50. The topological polar surface area (TPSA) is 113 Å². The number of anilines is 1. The molecule has 2 heterocycles. The van der Waals surface area contributed by atoms with Crippen LogP contribution in [0.1, 0.15) is 43.2 Å². The molecule has 1 aromatic heterocycles. The number of benzene rings is 1. The molecule has 8 nitrogen and oxygen atoms in total. The van der Waals surface area contributed by atoms with Gasteiger partial charge in [0.25, 0.3) is 11.5 Å². The van der Waals surface area contributed by atoms with Gasteiger partial charge in [-0.05, 0) is 37.5 Å². The summed E-state index contributed by atoms with van der Waals surface area (Å²) < 4.78 is 44.2. The Morgan fingerprint density at radius 2 is 1.85 bits per heavy atom. The summed E-state index contributed by atoms with van der Waals surface area (Å²) in [7, 11) is 0. The first kappa shape index (κ1) is 23.1. The van der Waals surface area contributed by atoms with Gasteiger partial charge < -0.3 is 10.6 Å². The molecular formula is C21H20ClF3N4O4. The number of amides is 2. The second-order valence-electron chi connectivity index (χ2n) is 8.23. The molecule has 0 bridgehead atoms. The van der Waals surface area contributed by atoms with E-state index in [2.05, 4.69) is 0 Å². The van der Waals surface area contributed by atoms with Crippen molar-refractivity contribution >= 4 is 29.2 Å². The zero-order chi connectivity index (χ0) is 24.1. The van der Waals surface area contributed by atoms with Gasteiger partial charge >= 0.3 is 11.9 Å². The summed E-state index contributed by atoms with van der Waals surface area (Å²) >= 11 is 6.10. The first-order valence-electron chi connectivity index (χ1n) is 10.3. The first-order valence-corrected chi connectivity index (χ1v) is 10.7. The molecule has 0 spiro atoms. The average Bonchev–Trinajstić information content (AvgIpc) is 3.04. The van der Waals surface area contributed by atoms with Crippen molar-refractivity contribution in [2.45, 2.75) is 50.7 Å². The molecule has 2 amide bonds. The zero-order valence-electron chi connectivity index (χ0n) is 17.4. The summed E-state index contributed by atoms with van der Waals surface area (Å²) in [5.74, 6) is -4.01. The lowest BCUT2D eigenvalue weighted by Crippen LogP contribution is -2.63. The molecule has 12 heteroatoms. The van der Waals surface area contributed by atoms with Crippen molar-refractivity contribution < 1.29 is 22.8 Å². The van der Waals surface area contributed by atoms with E-state index in [0.717, 1.165) is 11.0 Å². The molecule has 2 aliphatic rings. The molecule has 1 aliphatic carbocycles. The lowest BCUT2D eigenvalue weighted by molar-refractivity contribution is -0.201. The summed E-state index contributed by atoms with van der Waals surface area (Å²) in [6.07, 6.45) is -2.40. The van der Waals surface area contributed by atoms with Gasteiger partial charge in [-0.15, -0.1) is 0 Å². The van der Waals surface area contributed by atoms with Crippen LogP contribution in [0.5, 0.6) is 0 Å². The minimum Gasteiger partial charge on any atom is -0.330 e. The summed E-state index contributed by atoms with van der Waals surface area (Å²) in [4.78, 5) is 52.9. The molecule has 3 N–H and O–H groups in total. The average molecular weight is 485 g/mol. The van der Waals surface area contributed by atoms with Crippen molar-refractivity contribution in [1.29, 1.82) is 0 Å². The molecule has 1 aromatic carbocycles. The number of hydrogen-bond acceptors (Lipinski definition) is 4. The van der Waals surface area contributed by atoms with Gasteiger partial charge in [0.05, 0.1) is 5.69 Å². The number of halogens is 4. The Labute approximate surface area is 190 Å². The highest BCUT2D eigenvalue weighted by atomic mass is 35.5. The number of nitrogens with one attached hydrogen (secondary N) is 3. The standard InChI is InChI=1S/C21H20ClF3N4O4/c1-10-12(22)8-5-9-13(10)29-15-14(17(31)27-19(29)33)20(18(32)26-15,21(23,24)25)28-16(30)11-6-3-2-4-7-11/h5,8-9,11H,2-4,6-7H2,1H3,(H,26,32)(H,28,30)(H,27,31,33)/t20-/m1/s1. The SMILES string of the molecule is Cc1c(Cl)cccc1-n1c2c(c(=O)[nH]c1=O)[C@](NC(=O)C1CCCCC1)(C(F)(F)F)C(=O)N2. The minimum absolute atomic E-state index is 0.0666. The third-order valence-electron chi connectivity index (χ3n) is 6.25. The van der Waals surface area contributed by atoms with Crippen LogP contribution in [0, 0.1) is 12.8 Å². The van der Waals surface area contributed by atoms with Crippen molar-refractivity contribution in [2.75, 3.05) is 5.32 Å². The van der Waals surface area contributed by atoms with Crippen LogP contribution >= 0.6 is 11.6 Å². The van der Waals surface area contributed by atoms with E-state index < -0.39 is 52.1 Å². The van der Waals surface area contributed by atoms with Gasteiger partial charge in [-0.3, -0.25) is 19.4 Å². The zero-order valence-corrected chi connectivity index (χ0v) is 18.2. The molecule has 0 saturated heterocycles. The number of alkyl halides is 3. The van der Waals surface area contributed by atoms with Crippen molar-refractivity contribution in [2.24, 2.45) is 5.92 Å². The number of carbonyl (C=O) groups excluding carboxylic acids is 2. The van der Waals surface area contributed by atoms with Gasteiger partial charge in [0.2, 0.25) is 11.4 Å². The molecule has 1 fully saturated rings. The van der Waals surface area contributed by atoms with Crippen LogP contribution < -0.4 is 21.9 Å². The van der Waals surface area contributed by atoms with Gasteiger partial charge in [-0.1, -0.05) is 36.9 Å². The largest absolute Gasteiger partial charge is 0.425 e. The second-order valence-corrected chi connectivity index (χ2v) is 8.64. The number of fused-ring (bicyclic) bond motifs is 1. The van der Waals surface area contributed by atoms with Gasteiger partial charge in [0, 0.05) is 10.9 Å². The predicted molar refractivity (Wildman–Crippen MR) is 113 cm³/mol. The lowest BCUT2D eigenvalue weighted by Gasteiger charge is -2.32. The smallest absolute Gasteiger partial charge is 0.330 e. The summed E-state index contributed by atoms with van der Waals surface area (Å²) in [5, 5.41) is 4.08. The van der Waals surface area contributed by atoms with E-state index in [4.69, 9.17) is 11.6 Å². The number of rotatable bonds is 3. The maximum Gasteiger partial charge on any atom is 0.425 e. The molecule has 2 aromatic rings. The van der Waals surface area contributed by atoms with Crippen molar-refractivity contribution in [3.05, 3.63) is 55.2 Å².